The highest BCUT2D eigenvalue weighted by Gasteiger charge is 2.18. The topological polar surface area (TPSA) is 55.9 Å². The van der Waals surface area contributed by atoms with Crippen molar-refractivity contribution < 1.29 is 0 Å². The Labute approximate surface area is 100 Å². The van der Waals surface area contributed by atoms with Crippen LogP contribution in [0.1, 0.15) is 12.1 Å². The quantitative estimate of drug-likeness (QED) is 0.824. The Morgan fingerprint density at radius 1 is 1.29 bits per heavy atom. The van der Waals surface area contributed by atoms with E-state index < -0.39 is 0 Å². The summed E-state index contributed by atoms with van der Waals surface area (Å²) in [7, 11) is 0. The molecule has 1 aromatic carbocycles. The van der Waals surface area contributed by atoms with E-state index in [1.165, 1.54) is 0 Å². The van der Waals surface area contributed by atoms with Gasteiger partial charge < -0.3 is 15.6 Å². The number of hydrogen-bond donors (Lipinski definition) is 2. The van der Waals surface area contributed by atoms with Crippen molar-refractivity contribution >= 4 is 5.95 Å². The van der Waals surface area contributed by atoms with Crippen LogP contribution in [0.5, 0.6) is 0 Å². The summed E-state index contributed by atoms with van der Waals surface area (Å²) in [6.07, 6.45) is 1.13. The molecule has 4 heteroatoms. The predicted molar refractivity (Wildman–Crippen MR) is 68.7 cm³/mol. The van der Waals surface area contributed by atoms with Crippen LogP contribution in [0.15, 0.2) is 30.3 Å². The molecule has 1 aliphatic heterocycles. The fourth-order valence-corrected chi connectivity index (χ4v) is 2.33. The zero-order valence-corrected chi connectivity index (χ0v) is 9.69. The van der Waals surface area contributed by atoms with Gasteiger partial charge in [-0.05, 0) is 6.42 Å². The van der Waals surface area contributed by atoms with Gasteiger partial charge in [0.25, 0.3) is 0 Å². The lowest BCUT2D eigenvalue weighted by Gasteiger charge is -2.17. The minimum atomic E-state index is 0.527. The van der Waals surface area contributed by atoms with Crippen molar-refractivity contribution in [3.63, 3.8) is 0 Å². The van der Waals surface area contributed by atoms with Crippen molar-refractivity contribution in [2.24, 2.45) is 5.73 Å². The molecule has 0 spiro atoms. The van der Waals surface area contributed by atoms with Crippen LogP contribution in [0.3, 0.4) is 0 Å². The van der Waals surface area contributed by atoms with Gasteiger partial charge in [-0.15, -0.1) is 0 Å². The molecular weight excluding hydrogens is 212 g/mol. The lowest BCUT2D eigenvalue weighted by molar-refractivity contribution is 0.604. The first-order valence-corrected chi connectivity index (χ1v) is 5.99. The van der Waals surface area contributed by atoms with Crippen LogP contribution in [-0.2, 0) is 13.1 Å². The number of rotatable bonds is 2. The molecule has 0 amide bonds. The molecule has 88 valence electrons. The van der Waals surface area contributed by atoms with Crippen molar-refractivity contribution in [1.82, 2.24) is 9.55 Å². The van der Waals surface area contributed by atoms with Gasteiger partial charge in [0.05, 0.1) is 11.4 Å². The highest BCUT2D eigenvalue weighted by Crippen LogP contribution is 2.27. The lowest BCUT2D eigenvalue weighted by atomic mass is 10.1. The Bertz CT molecular complexity index is 516. The van der Waals surface area contributed by atoms with E-state index in [2.05, 4.69) is 27.0 Å². The molecule has 0 fully saturated rings. The van der Waals surface area contributed by atoms with Crippen molar-refractivity contribution in [2.75, 3.05) is 11.9 Å². The van der Waals surface area contributed by atoms with Crippen molar-refractivity contribution in [3.05, 3.63) is 36.0 Å². The molecule has 17 heavy (non-hydrogen) atoms. The van der Waals surface area contributed by atoms with E-state index in [9.17, 15) is 0 Å². The molecular formula is C13H16N4. The molecule has 2 aromatic rings. The molecule has 0 atom stereocenters. The molecule has 4 nitrogen and oxygen atoms in total. The molecule has 0 aliphatic carbocycles. The van der Waals surface area contributed by atoms with E-state index in [1.807, 2.05) is 18.2 Å². The number of nitrogens with two attached hydrogens (primary N) is 1. The van der Waals surface area contributed by atoms with Gasteiger partial charge >= 0.3 is 0 Å². The molecule has 0 saturated carbocycles. The van der Waals surface area contributed by atoms with Crippen molar-refractivity contribution in [1.29, 1.82) is 0 Å². The molecule has 3 N–H and O–H groups in total. The predicted octanol–water partition coefficient (Wildman–Crippen LogP) is 1.82. The summed E-state index contributed by atoms with van der Waals surface area (Å²) in [5.41, 5.74) is 9.14. The van der Waals surface area contributed by atoms with Crippen LogP contribution < -0.4 is 11.1 Å². The Morgan fingerprint density at radius 2 is 2.12 bits per heavy atom. The Hall–Kier alpha value is -1.81. The largest absolute Gasteiger partial charge is 0.356 e. The fraction of sp³-hybridized carbons (Fsp3) is 0.308. The van der Waals surface area contributed by atoms with Crippen LogP contribution in [0.4, 0.5) is 5.95 Å². The van der Waals surface area contributed by atoms with Gasteiger partial charge in [-0.1, -0.05) is 30.3 Å². The number of anilines is 1. The summed E-state index contributed by atoms with van der Waals surface area (Å²) in [5.74, 6) is 0.954. The van der Waals surface area contributed by atoms with Crippen LogP contribution in [0.2, 0.25) is 0 Å². The highest BCUT2D eigenvalue weighted by molar-refractivity contribution is 5.64. The average molecular weight is 228 g/mol. The summed E-state index contributed by atoms with van der Waals surface area (Å²) in [6, 6.07) is 10.2. The van der Waals surface area contributed by atoms with Crippen molar-refractivity contribution in [2.45, 2.75) is 19.5 Å². The maximum absolute atomic E-state index is 5.87. The van der Waals surface area contributed by atoms with E-state index in [0.717, 1.165) is 42.4 Å². The Kier molecular flexibility index (Phi) is 2.57. The van der Waals surface area contributed by atoms with Crippen LogP contribution in [0, 0.1) is 0 Å². The van der Waals surface area contributed by atoms with Gasteiger partial charge in [-0.3, -0.25) is 0 Å². The Balaban J connectivity index is 2.14. The van der Waals surface area contributed by atoms with Crippen molar-refractivity contribution in [3.8, 4) is 11.3 Å². The summed E-state index contributed by atoms with van der Waals surface area (Å²) < 4.78 is 2.20. The third-order valence-corrected chi connectivity index (χ3v) is 3.15. The highest BCUT2D eigenvalue weighted by atomic mass is 15.2. The maximum atomic E-state index is 5.87. The van der Waals surface area contributed by atoms with E-state index >= 15 is 0 Å². The second-order valence-electron chi connectivity index (χ2n) is 4.23. The minimum Gasteiger partial charge on any atom is -0.356 e. The number of aromatic nitrogens is 2. The average Bonchev–Trinajstić information content (AvgIpc) is 2.78. The van der Waals surface area contributed by atoms with Gasteiger partial charge in [0.15, 0.2) is 0 Å². The maximum Gasteiger partial charge on any atom is 0.203 e. The number of hydrogen-bond acceptors (Lipinski definition) is 3. The molecule has 0 radical (unpaired) electrons. The lowest BCUT2D eigenvalue weighted by Crippen LogP contribution is -2.19. The molecule has 0 unspecified atom stereocenters. The smallest absolute Gasteiger partial charge is 0.203 e. The number of nitrogens with one attached hydrogen (secondary N) is 1. The minimum absolute atomic E-state index is 0.527. The van der Waals surface area contributed by atoms with E-state index in [0.29, 0.717) is 6.54 Å². The first kappa shape index (κ1) is 10.4. The summed E-state index contributed by atoms with van der Waals surface area (Å²) in [4.78, 5) is 4.66. The third-order valence-electron chi connectivity index (χ3n) is 3.15. The van der Waals surface area contributed by atoms with Crippen LogP contribution in [0.25, 0.3) is 11.3 Å². The van der Waals surface area contributed by atoms with Gasteiger partial charge in [0.1, 0.15) is 0 Å². The number of nitrogens with zero attached hydrogens (tertiary/aromatic N) is 2. The molecule has 0 saturated heterocycles. The normalized spacial score (nSPS) is 14.2. The Morgan fingerprint density at radius 3 is 2.88 bits per heavy atom. The standard InChI is InChI=1S/C13H16N4/c14-9-11-12(10-5-2-1-3-6-10)16-13-15-7-4-8-17(11)13/h1-3,5-6H,4,7-9,14H2,(H,15,16). The fourth-order valence-electron chi connectivity index (χ4n) is 2.33. The summed E-state index contributed by atoms with van der Waals surface area (Å²) in [5, 5.41) is 3.32. The first-order valence-electron chi connectivity index (χ1n) is 5.99. The monoisotopic (exact) mass is 228 g/mol. The van der Waals surface area contributed by atoms with Gasteiger partial charge in [-0.25, -0.2) is 4.98 Å². The SMILES string of the molecule is NCc1c(-c2ccccc2)nc2n1CCCN2. The molecule has 3 rings (SSSR count). The van der Waals surface area contributed by atoms with Crippen LogP contribution >= 0.6 is 0 Å². The summed E-state index contributed by atoms with van der Waals surface area (Å²) in [6.45, 7) is 2.53. The second kappa shape index (κ2) is 4.22. The van der Waals surface area contributed by atoms with E-state index in [-0.39, 0.29) is 0 Å². The van der Waals surface area contributed by atoms with Gasteiger partial charge in [-0.2, -0.15) is 0 Å². The number of benzene rings is 1. The zero-order chi connectivity index (χ0) is 11.7. The number of fused-ring (bicyclic) bond motifs is 1. The first-order chi connectivity index (χ1) is 8.40. The number of imidazole rings is 1. The molecule has 2 heterocycles. The second-order valence-corrected chi connectivity index (χ2v) is 4.23. The van der Waals surface area contributed by atoms with Gasteiger partial charge in [0, 0.05) is 25.2 Å². The third kappa shape index (κ3) is 1.70. The van der Waals surface area contributed by atoms with Gasteiger partial charge in [0.2, 0.25) is 5.95 Å². The molecule has 1 aliphatic rings. The van der Waals surface area contributed by atoms with Crippen LogP contribution in [-0.4, -0.2) is 16.1 Å². The summed E-state index contributed by atoms with van der Waals surface area (Å²) >= 11 is 0. The zero-order valence-electron chi connectivity index (χ0n) is 9.69. The molecule has 1 aromatic heterocycles. The van der Waals surface area contributed by atoms with E-state index in [1.54, 1.807) is 0 Å². The molecule has 0 bridgehead atoms. The van der Waals surface area contributed by atoms with E-state index in [4.69, 9.17) is 5.73 Å².